The summed E-state index contributed by atoms with van der Waals surface area (Å²) in [6.07, 6.45) is 9.72. The van der Waals surface area contributed by atoms with Gasteiger partial charge in [-0.3, -0.25) is 14.4 Å². The lowest BCUT2D eigenvalue weighted by Crippen LogP contribution is -2.61. The highest BCUT2D eigenvalue weighted by Gasteiger charge is 2.40. The van der Waals surface area contributed by atoms with Crippen molar-refractivity contribution in [1.82, 2.24) is 25.1 Å². The van der Waals surface area contributed by atoms with Crippen molar-refractivity contribution in [2.75, 3.05) is 45.2 Å². The van der Waals surface area contributed by atoms with E-state index in [0.717, 1.165) is 64.0 Å². The number of anilines is 1. The maximum Gasteiger partial charge on any atom is 0.311 e. The van der Waals surface area contributed by atoms with Gasteiger partial charge in [-0.2, -0.15) is 0 Å². The Labute approximate surface area is 201 Å². The maximum absolute atomic E-state index is 13.2. The fourth-order valence-corrected chi connectivity index (χ4v) is 4.94. The van der Waals surface area contributed by atoms with Gasteiger partial charge >= 0.3 is 11.8 Å². The number of likely N-dealkylation sites (N-methyl/N-ethyl adjacent to an activating group) is 1. The number of nitrogens with one attached hydrogen (secondary N) is 1. The van der Waals surface area contributed by atoms with Crippen LogP contribution in [0.2, 0.25) is 0 Å². The molecule has 3 heterocycles. The van der Waals surface area contributed by atoms with Gasteiger partial charge < -0.3 is 24.8 Å². The van der Waals surface area contributed by atoms with Gasteiger partial charge in [-0.1, -0.05) is 6.42 Å². The third-order valence-corrected chi connectivity index (χ3v) is 7.21. The molecule has 0 spiro atoms. The Morgan fingerprint density at radius 3 is 2.35 bits per heavy atom. The molecule has 1 N–H and O–H groups in total. The van der Waals surface area contributed by atoms with Gasteiger partial charge in [0.05, 0.1) is 24.8 Å². The summed E-state index contributed by atoms with van der Waals surface area (Å²) in [4.78, 5) is 51.8. The van der Waals surface area contributed by atoms with Gasteiger partial charge in [-0.05, 0) is 44.6 Å². The Bertz CT molecular complexity index is 854. The van der Waals surface area contributed by atoms with Crippen LogP contribution in [0, 0.1) is 5.92 Å². The van der Waals surface area contributed by atoms with Gasteiger partial charge in [0.25, 0.3) is 0 Å². The van der Waals surface area contributed by atoms with Crippen LogP contribution < -0.4 is 10.2 Å². The van der Waals surface area contributed by atoms with Gasteiger partial charge in [0.15, 0.2) is 0 Å². The van der Waals surface area contributed by atoms with E-state index >= 15 is 0 Å². The first-order valence-electron chi connectivity index (χ1n) is 12.4. The van der Waals surface area contributed by atoms with E-state index in [2.05, 4.69) is 20.2 Å². The molecule has 1 aromatic rings. The Morgan fingerprint density at radius 2 is 1.74 bits per heavy atom. The molecule has 3 amide bonds. The molecule has 186 valence electrons. The third-order valence-electron chi connectivity index (χ3n) is 7.21. The van der Waals surface area contributed by atoms with Crippen LogP contribution in [0.1, 0.15) is 44.9 Å². The summed E-state index contributed by atoms with van der Waals surface area (Å²) in [5.74, 6) is -0.242. The lowest BCUT2D eigenvalue weighted by Gasteiger charge is -2.44. The fourth-order valence-electron chi connectivity index (χ4n) is 4.94. The van der Waals surface area contributed by atoms with E-state index in [1.807, 2.05) is 11.0 Å². The first-order valence-corrected chi connectivity index (χ1v) is 12.4. The van der Waals surface area contributed by atoms with Crippen LogP contribution in [-0.2, 0) is 19.1 Å². The second-order valence-electron chi connectivity index (χ2n) is 9.72. The molecule has 2 aliphatic heterocycles. The highest BCUT2D eigenvalue weighted by molar-refractivity contribution is 6.34. The highest BCUT2D eigenvalue weighted by atomic mass is 16.5. The van der Waals surface area contributed by atoms with Crippen LogP contribution in [-0.4, -0.2) is 96.0 Å². The molecule has 2 atom stereocenters. The summed E-state index contributed by atoms with van der Waals surface area (Å²) in [7, 11) is 3.12. The van der Waals surface area contributed by atoms with Gasteiger partial charge in [-0.25, -0.2) is 9.97 Å². The van der Waals surface area contributed by atoms with E-state index in [1.54, 1.807) is 26.5 Å². The molecule has 4 rings (SSSR count). The first kappa shape index (κ1) is 24.4. The number of piperidine rings is 2. The van der Waals surface area contributed by atoms with E-state index in [-0.39, 0.29) is 30.0 Å². The van der Waals surface area contributed by atoms with Crippen molar-refractivity contribution in [2.24, 2.45) is 5.92 Å². The largest absolute Gasteiger partial charge is 0.376 e. The van der Waals surface area contributed by atoms with Crippen molar-refractivity contribution in [1.29, 1.82) is 0 Å². The molecule has 3 aliphatic rings. The molecule has 3 fully saturated rings. The van der Waals surface area contributed by atoms with Crippen molar-refractivity contribution in [2.45, 2.75) is 63.1 Å². The summed E-state index contributed by atoms with van der Waals surface area (Å²) in [6, 6.07) is 1.24. The molecular weight excluding hydrogens is 436 g/mol. The molecule has 0 bridgehead atoms. The number of ether oxygens (including phenoxy) is 1. The minimum Gasteiger partial charge on any atom is -0.376 e. The summed E-state index contributed by atoms with van der Waals surface area (Å²) in [5.41, 5.74) is 0. The maximum atomic E-state index is 13.2. The molecular formula is C24H36N6O4. The minimum atomic E-state index is -0.630. The Morgan fingerprint density at radius 1 is 1.03 bits per heavy atom. The number of rotatable bonds is 6. The Balaban J connectivity index is 1.38. The topological polar surface area (TPSA) is 108 Å². The zero-order valence-corrected chi connectivity index (χ0v) is 20.2. The quantitative estimate of drug-likeness (QED) is 0.611. The number of likely N-dealkylation sites (tertiary alicyclic amines) is 1. The van der Waals surface area contributed by atoms with Crippen LogP contribution in [0.5, 0.6) is 0 Å². The van der Waals surface area contributed by atoms with E-state index < -0.39 is 11.8 Å². The van der Waals surface area contributed by atoms with Crippen LogP contribution in [0.4, 0.5) is 5.95 Å². The smallest absolute Gasteiger partial charge is 0.311 e. The Kier molecular flexibility index (Phi) is 7.97. The van der Waals surface area contributed by atoms with Gasteiger partial charge in [0.1, 0.15) is 0 Å². The van der Waals surface area contributed by atoms with Crippen molar-refractivity contribution >= 4 is 23.7 Å². The average Bonchev–Trinajstić information content (AvgIpc) is 2.82. The monoisotopic (exact) mass is 472 g/mol. The van der Waals surface area contributed by atoms with Crippen molar-refractivity contribution in [3.05, 3.63) is 18.5 Å². The third kappa shape index (κ3) is 5.65. The van der Waals surface area contributed by atoms with Crippen LogP contribution in [0.25, 0.3) is 0 Å². The fraction of sp³-hybridized carbons (Fsp3) is 0.708. The summed E-state index contributed by atoms with van der Waals surface area (Å²) < 4.78 is 6.33. The van der Waals surface area contributed by atoms with Gasteiger partial charge in [-0.15, -0.1) is 0 Å². The van der Waals surface area contributed by atoms with E-state index in [1.165, 1.54) is 4.90 Å². The first-order chi connectivity index (χ1) is 16.4. The molecule has 0 aromatic carbocycles. The number of carbonyl (C=O) groups is 3. The zero-order valence-electron chi connectivity index (χ0n) is 20.2. The summed E-state index contributed by atoms with van der Waals surface area (Å²) >= 11 is 0. The molecule has 1 aliphatic carbocycles. The van der Waals surface area contributed by atoms with Crippen molar-refractivity contribution in [3.8, 4) is 0 Å². The van der Waals surface area contributed by atoms with E-state index in [4.69, 9.17) is 4.74 Å². The van der Waals surface area contributed by atoms with Crippen molar-refractivity contribution in [3.63, 3.8) is 0 Å². The number of amides is 3. The van der Waals surface area contributed by atoms with Gasteiger partial charge in [0.2, 0.25) is 11.9 Å². The second kappa shape index (κ2) is 11.1. The zero-order chi connectivity index (χ0) is 24.1. The summed E-state index contributed by atoms with van der Waals surface area (Å²) in [6.45, 7) is 2.64. The number of hydrogen-bond acceptors (Lipinski definition) is 7. The standard InChI is InChI=1S/C24H36N6O4/c1-28(2)23(33)21(31)27-19-8-4-13-30(22(32)17-6-3-7-17)20(19)16-34-18-9-14-29(15-10-18)24-25-11-5-12-26-24/h5,11-12,17-20H,3-4,6-10,13-16H2,1-2H3,(H,27,31)/t19-,20-/m0/s1. The van der Waals surface area contributed by atoms with Crippen LogP contribution in [0.15, 0.2) is 18.5 Å². The molecule has 2 saturated heterocycles. The predicted molar refractivity (Wildman–Crippen MR) is 126 cm³/mol. The van der Waals surface area contributed by atoms with Crippen LogP contribution in [0.3, 0.4) is 0 Å². The normalized spacial score (nSPS) is 23.8. The molecule has 34 heavy (non-hydrogen) atoms. The molecule has 1 saturated carbocycles. The minimum absolute atomic E-state index is 0.0716. The number of carbonyl (C=O) groups excluding carboxylic acids is 3. The van der Waals surface area contributed by atoms with Crippen LogP contribution >= 0.6 is 0 Å². The molecule has 0 radical (unpaired) electrons. The SMILES string of the molecule is CN(C)C(=O)C(=O)N[C@H]1CCCN(C(=O)C2CCC2)[C@H]1COC1CCN(c2ncccn2)CC1. The van der Waals surface area contributed by atoms with Crippen molar-refractivity contribution < 1.29 is 19.1 Å². The van der Waals surface area contributed by atoms with E-state index in [0.29, 0.717) is 13.2 Å². The lowest BCUT2D eigenvalue weighted by molar-refractivity contribution is -0.149. The van der Waals surface area contributed by atoms with E-state index in [9.17, 15) is 14.4 Å². The average molecular weight is 473 g/mol. The molecule has 10 nitrogen and oxygen atoms in total. The summed E-state index contributed by atoms with van der Waals surface area (Å²) in [5, 5.41) is 2.90. The number of nitrogens with zero attached hydrogens (tertiary/aromatic N) is 5. The molecule has 0 unspecified atom stereocenters. The predicted octanol–water partition coefficient (Wildman–Crippen LogP) is 0.826. The van der Waals surface area contributed by atoms with Gasteiger partial charge in [0, 0.05) is 52.0 Å². The number of aromatic nitrogens is 2. The number of hydrogen-bond donors (Lipinski definition) is 1. The second-order valence-corrected chi connectivity index (χ2v) is 9.72. The molecule has 1 aromatic heterocycles. The Hall–Kier alpha value is -2.75. The highest BCUT2D eigenvalue weighted by Crippen LogP contribution is 2.31. The molecule has 10 heteroatoms. The lowest BCUT2D eigenvalue weighted by atomic mass is 9.83.